The minimum Gasteiger partial charge on any atom is -0.261 e. The molecule has 0 fully saturated rings. The molecule has 23 heavy (non-hydrogen) atoms. The van der Waals surface area contributed by atoms with Crippen LogP contribution in [0, 0.1) is 0 Å². The van der Waals surface area contributed by atoms with Crippen molar-refractivity contribution in [1.82, 2.24) is 4.98 Å². The first kappa shape index (κ1) is 22.4. The summed E-state index contributed by atoms with van der Waals surface area (Å²) in [6.07, 6.45) is 19.7. The van der Waals surface area contributed by atoms with Gasteiger partial charge in [-0.1, -0.05) is 90.5 Å². The summed E-state index contributed by atoms with van der Waals surface area (Å²) in [6.45, 7) is 4.38. The quantitative estimate of drug-likeness (QED) is 0.266. The van der Waals surface area contributed by atoms with Gasteiger partial charge in [0.15, 0.2) is 0 Å². The van der Waals surface area contributed by atoms with Crippen LogP contribution in [0.15, 0.2) is 24.4 Å². The maximum absolute atomic E-state index is 5.62. The zero-order valence-corrected chi connectivity index (χ0v) is 16.3. The SMILES string of the molecule is CCCCCCCCCCCCCCCl.CCc1ccccn1. The minimum atomic E-state index is 0.845. The van der Waals surface area contributed by atoms with Gasteiger partial charge < -0.3 is 0 Å². The first-order valence-corrected chi connectivity index (χ1v) is 10.3. The molecular weight excluding hydrogens is 302 g/mol. The first-order chi connectivity index (χ1) is 11.3. The lowest BCUT2D eigenvalue weighted by Gasteiger charge is -2.01. The van der Waals surface area contributed by atoms with Crippen molar-refractivity contribution in [2.45, 2.75) is 97.3 Å². The van der Waals surface area contributed by atoms with Crippen molar-refractivity contribution < 1.29 is 0 Å². The van der Waals surface area contributed by atoms with Gasteiger partial charge in [-0.15, -0.1) is 11.6 Å². The summed E-state index contributed by atoms with van der Waals surface area (Å²) < 4.78 is 0. The van der Waals surface area contributed by atoms with E-state index in [1.54, 1.807) is 0 Å². The van der Waals surface area contributed by atoms with Crippen LogP contribution in [0.1, 0.15) is 96.6 Å². The average Bonchev–Trinajstić information content (AvgIpc) is 2.61. The van der Waals surface area contributed by atoms with E-state index in [9.17, 15) is 0 Å². The number of rotatable bonds is 13. The second kappa shape index (κ2) is 19.5. The van der Waals surface area contributed by atoms with Gasteiger partial charge in [0, 0.05) is 17.8 Å². The van der Waals surface area contributed by atoms with E-state index < -0.39 is 0 Å². The summed E-state index contributed by atoms with van der Waals surface area (Å²) in [5.74, 6) is 0.845. The van der Waals surface area contributed by atoms with Crippen LogP contribution < -0.4 is 0 Å². The topological polar surface area (TPSA) is 12.9 Å². The van der Waals surface area contributed by atoms with Crippen LogP contribution in [0.3, 0.4) is 0 Å². The Labute approximate surface area is 150 Å². The van der Waals surface area contributed by atoms with Crippen LogP contribution in [0.2, 0.25) is 0 Å². The number of hydrogen-bond donors (Lipinski definition) is 0. The Morgan fingerprint density at radius 3 is 1.61 bits per heavy atom. The lowest BCUT2D eigenvalue weighted by Crippen LogP contribution is -1.82. The number of halogens is 1. The number of nitrogens with zero attached hydrogens (tertiary/aromatic N) is 1. The first-order valence-electron chi connectivity index (χ1n) is 9.81. The summed E-state index contributed by atoms with van der Waals surface area (Å²) in [4.78, 5) is 4.10. The van der Waals surface area contributed by atoms with Crippen LogP contribution in [0.25, 0.3) is 0 Å². The Morgan fingerprint density at radius 1 is 0.739 bits per heavy atom. The van der Waals surface area contributed by atoms with Gasteiger partial charge in [0.2, 0.25) is 0 Å². The lowest BCUT2D eigenvalue weighted by molar-refractivity contribution is 0.548. The fourth-order valence-electron chi connectivity index (χ4n) is 2.54. The highest BCUT2D eigenvalue weighted by atomic mass is 35.5. The molecule has 0 aliphatic heterocycles. The second-order valence-electron chi connectivity index (χ2n) is 6.25. The molecule has 1 heterocycles. The lowest BCUT2D eigenvalue weighted by atomic mass is 10.1. The molecule has 0 saturated heterocycles. The molecule has 0 radical (unpaired) electrons. The minimum absolute atomic E-state index is 0.845. The zero-order valence-electron chi connectivity index (χ0n) is 15.5. The monoisotopic (exact) mass is 339 g/mol. The predicted molar refractivity (Wildman–Crippen MR) is 105 cm³/mol. The number of pyridine rings is 1. The molecular formula is C21H38ClN. The molecule has 0 aliphatic rings. The van der Waals surface area contributed by atoms with Gasteiger partial charge in [-0.2, -0.15) is 0 Å². The van der Waals surface area contributed by atoms with Crippen molar-refractivity contribution in [1.29, 1.82) is 0 Å². The molecule has 0 atom stereocenters. The normalized spacial score (nSPS) is 10.2. The van der Waals surface area contributed by atoms with Crippen LogP contribution >= 0.6 is 11.6 Å². The summed E-state index contributed by atoms with van der Waals surface area (Å²) in [5.41, 5.74) is 1.16. The van der Waals surface area contributed by atoms with Crippen LogP contribution in [-0.2, 0) is 6.42 Å². The van der Waals surface area contributed by atoms with Crippen molar-refractivity contribution >= 4 is 11.6 Å². The molecule has 0 N–H and O–H groups in total. The second-order valence-corrected chi connectivity index (χ2v) is 6.63. The van der Waals surface area contributed by atoms with Crippen molar-refractivity contribution in [2.24, 2.45) is 0 Å². The third-order valence-corrected chi connectivity index (χ3v) is 4.34. The molecule has 1 aromatic heterocycles. The highest BCUT2D eigenvalue weighted by Crippen LogP contribution is 2.11. The fraction of sp³-hybridized carbons (Fsp3) is 0.762. The Bertz CT molecular complexity index is 301. The Kier molecular flexibility index (Phi) is 19.0. The smallest absolute Gasteiger partial charge is 0.0400 e. The number of aryl methyl sites for hydroxylation is 1. The standard InChI is InChI=1S/C14H29Cl.C7H9N/c1-2-3-4-5-6-7-8-9-10-11-12-13-14-15;1-2-7-5-3-4-6-8-7/h2-14H2,1H3;3-6H,2H2,1H3. The molecule has 1 nitrogen and oxygen atoms in total. The van der Waals surface area contributed by atoms with Gasteiger partial charge >= 0.3 is 0 Å². The van der Waals surface area contributed by atoms with Crippen molar-refractivity contribution in [3.05, 3.63) is 30.1 Å². The molecule has 0 spiro atoms. The van der Waals surface area contributed by atoms with Gasteiger partial charge in [-0.25, -0.2) is 0 Å². The summed E-state index contributed by atoms with van der Waals surface area (Å²) in [7, 11) is 0. The molecule has 134 valence electrons. The van der Waals surface area contributed by atoms with Gasteiger partial charge in [0.05, 0.1) is 0 Å². The van der Waals surface area contributed by atoms with Crippen molar-refractivity contribution in [3.8, 4) is 0 Å². The highest BCUT2D eigenvalue weighted by molar-refractivity contribution is 6.17. The van der Waals surface area contributed by atoms with Crippen LogP contribution in [0.5, 0.6) is 0 Å². The van der Waals surface area contributed by atoms with E-state index in [1.807, 2.05) is 24.4 Å². The van der Waals surface area contributed by atoms with E-state index in [1.165, 1.54) is 77.0 Å². The molecule has 0 unspecified atom stereocenters. The van der Waals surface area contributed by atoms with E-state index in [0.29, 0.717) is 0 Å². The average molecular weight is 340 g/mol. The van der Waals surface area contributed by atoms with Crippen molar-refractivity contribution in [3.63, 3.8) is 0 Å². The largest absolute Gasteiger partial charge is 0.261 e. The van der Waals surface area contributed by atoms with Crippen LogP contribution in [-0.4, -0.2) is 10.9 Å². The molecule has 0 aromatic carbocycles. The van der Waals surface area contributed by atoms with Gasteiger partial charge in [-0.3, -0.25) is 4.98 Å². The molecule has 0 bridgehead atoms. The molecule has 2 heteroatoms. The van der Waals surface area contributed by atoms with Gasteiger partial charge in [-0.05, 0) is 25.0 Å². The molecule has 0 saturated carbocycles. The predicted octanol–water partition coefficient (Wildman–Crippen LogP) is 7.57. The van der Waals surface area contributed by atoms with Gasteiger partial charge in [0.25, 0.3) is 0 Å². The van der Waals surface area contributed by atoms with Crippen LogP contribution in [0.4, 0.5) is 0 Å². The van der Waals surface area contributed by atoms with E-state index in [4.69, 9.17) is 11.6 Å². The number of alkyl halides is 1. The molecule has 1 aromatic rings. The fourth-order valence-corrected chi connectivity index (χ4v) is 2.73. The Hall–Kier alpha value is -0.560. The third kappa shape index (κ3) is 17.6. The summed E-state index contributed by atoms with van der Waals surface area (Å²) in [5, 5.41) is 0. The van der Waals surface area contributed by atoms with E-state index in [0.717, 1.165) is 18.0 Å². The van der Waals surface area contributed by atoms with E-state index in [2.05, 4.69) is 18.8 Å². The molecule has 0 aliphatic carbocycles. The third-order valence-electron chi connectivity index (χ3n) is 4.08. The molecule has 1 rings (SSSR count). The van der Waals surface area contributed by atoms with Gasteiger partial charge in [0.1, 0.15) is 0 Å². The Morgan fingerprint density at radius 2 is 1.26 bits per heavy atom. The van der Waals surface area contributed by atoms with E-state index in [-0.39, 0.29) is 0 Å². The van der Waals surface area contributed by atoms with E-state index >= 15 is 0 Å². The highest BCUT2D eigenvalue weighted by Gasteiger charge is 1.92. The maximum Gasteiger partial charge on any atom is 0.0400 e. The number of aromatic nitrogens is 1. The van der Waals surface area contributed by atoms with Crippen molar-refractivity contribution in [2.75, 3.05) is 5.88 Å². The maximum atomic E-state index is 5.62. The zero-order chi connectivity index (χ0) is 17.0. The molecule has 0 amide bonds. The Balaban J connectivity index is 0.000000502. The number of unbranched alkanes of at least 4 members (excludes halogenated alkanes) is 11. The number of hydrogen-bond acceptors (Lipinski definition) is 1. The summed E-state index contributed by atoms with van der Waals surface area (Å²) >= 11 is 5.62. The summed E-state index contributed by atoms with van der Waals surface area (Å²) in [6, 6.07) is 5.96.